The highest BCUT2D eigenvalue weighted by molar-refractivity contribution is 7.99. The molecular weight excluding hydrogens is 476 g/mol. The Kier molecular flexibility index (Phi) is 9.17. The van der Waals surface area contributed by atoms with Crippen LogP contribution in [0.25, 0.3) is 0 Å². The first kappa shape index (κ1) is 25.9. The lowest BCUT2D eigenvalue weighted by Crippen LogP contribution is -2.59. The van der Waals surface area contributed by atoms with Crippen LogP contribution >= 0.6 is 11.8 Å². The summed E-state index contributed by atoms with van der Waals surface area (Å²) in [6.45, 7) is 4.14. The van der Waals surface area contributed by atoms with Gasteiger partial charge in [-0.05, 0) is 42.5 Å². The molecule has 0 radical (unpaired) electrons. The summed E-state index contributed by atoms with van der Waals surface area (Å²) in [5, 5.41) is 0. The lowest BCUT2D eigenvalue weighted by Gasteiger charge is -2.44. The third-order valence-corrected chi connectivity index (χ3v) is 6.89. The third kappa shape index (κ3) is 6.55. The fourth-order valence-corrected chi connectivity index (χ4v) is 5.05. The standard InChI is InChI=1S/C29H30O6S/c1-3-36-29-26(32-19-21-13-7-4-8-14-21)25(35-28(31)23-17-11-6-12-18-23)24(20(2)33-29)34-27(30)22-15-9-5-10-16-22/h4-18,20,24-26,29H,3,19H2,1-2H3/t20-,24-,25+,26+,29-/m0/s1. The van der Waals surface area contributed by atoms with Gasteiger partial charge in [-0.1, -0.05) is 73.7 Å². The SMILES string of the molecule is CCS[C@@H]1O[C@@H](C)[C@H](OC(=O)c2ccccc2)[C@@H](OC(=O)c2ccccc2)[C@H]1OCc1ccccc1. The molecule has 0 unspecified atom stereocenters. The molecule has 3 aromatic carbocycles. The highest BCUT2D eigenvalue weighted by Gasteiger charge is 2.49. The van der Waals surface area contributed by atoms with Crippen molar-refractivity contribution >= 4 is 23.7 Å². The van der Waals surface area contributed by atoms with Gasteiger partial charge in [-0.25, -0.2) is 9.59 Å². The minimum Gasteiger partial charge on any atom is -0.452 e. The zero-order chi connectivity index (χ0) is 25.3. The van der Waals surface area contributed by atoms with Gasteiger partial charge in [0, 0.05) is 0 Å². The Morgan fingerprint density at radius 3 is 1.78 bits per heavy atom. The zero-order valence-corrected chi connectivity index (χ0v) is 21.1. The van der Waals surface area contributed by atoms with Gasteiger partial charge in [0.25, 0.3) is 0 Å². The maximum atomic E-state index is 13.1. The van der Waals surface area contributed by atoms with Gasteiger partial charge in [-0.2, -0.15) is 0 Å². The van der Waals surface area contributed by atoms with Gasteiger partial charge in [0.05, 0.1) is 23.8 Å². The predicted molar refractivity (Wildman–Crippen MR) is 139 cm³/mol. The fraction of sp³-hybridized carbons (Fsp3) is 0.310. The van der Waals surface area contributed by atoms with Crippen molar-refractivity contribution in [2.24, 2.45) is 0 Å². The molecule has 6 nitrogen and oxygen atoms in total. The van der Waals surface area contributed by atoms with Gasteiger partial charge in [0.15, 0.2) is 12.2 Å². The third-order valence-electron chi connectivity index (χ3n) is 5.85. The molecule has 4 rings (SSSR count). The second-order valence-corrected chi connectivity index (χ2v) is 9.77. The van der Waals surface area contributed by atoms with Crippen LogP contribution < -0.4 is 0 Å². The number of hydrogen-bond acceptors (Lipinski definition) is 7. The molecule has 5 atom stereocenters. The largest absolute Gasteiger partial charge is 0.452 e. The van der Waals surface area contributed by atoms with Gasteiger partial charge in [-0.3, -0.25) is 0 Å². The van der Waals surface area contributed by atoms with Crippen molar-refractivity contribution in [3.05, 3.63) is 108 Å². The molecule has 1 aliphatic heterocycles. The summed E-state index contributed by atoms with van der Waals surface area (Å²) in [6, 6.07) is 27.2. The van der Waals surface area contributed by atoms with E-state index >= 15 is 0 Å². The summed E-state index contributed by atoms with van der Waals surface area (Å²) in [5.41, 5.74) is 1.38. The minimum absolute atomic E-state index is 0.294. The first-order valence-electron chi connectivity index (χ1n) is 12.0. The maximum absolute atomic E-state index is 13.1. The molecule has 1 saturated heterocycles. The molecule has 36 heavy (non-hydrogen) atoms. The second kappa shape index (κ2) is 12.7. The Morgan fingerprint density at radius 1 is 0.750 bits per heavy atom. The molecule has 0 amide bonds. The number of hydrogen-bond donors (Lipinski definition) is 0. The second-order valence-electron chi connectivity index (χ2n) is 8.40. The molecule has 0 aliphatic carbocycles. The van der Waals surface area contributed by atoms with Gasteiger partial charge in [0.2, 0.25) is 0 Å². The smallest absolute Gasteiger partial charge is 0.338 e. The van der Waals surface area contributed by atoms with Gasteiger partial charge in [0.1, 0.15) is 11.5 Å². The zero-order valence-electron chi connectivity index (χ0n) is 20.3. The van der Waals surface area contributed by atoms with Crippen LogP contribution in [-0.2, 0) is 25.6 Å². The van der Waals surface area contributed by atoms with Gasteiger partial charge in [-0.15, -0.1) is 11.8 Å². The molecule has 0 saturated carbocycles. The quantitative estimate of drug-likeness (QED) is 0.354. The average molecular weight is 507 g/mol. The summed E-state index contributed by atoms with van der Waals surface area (Å²) in [6.07, 6.45) is -2.92. The molecular formula is C29H30O6S. The molecule has 1 heterocycles. The molecule has 1 fully saturated rings. The molecule has 1 aliphatic rings. The lowest BCUT2D eigenvalue weighted by molar-refractivity contribution is -0.211. The topological polar surface area (TPSA) is 71.1 Å². The number of carbonyl (C=O) groups excluding carboxylic acids is 2. The van der Waals surface area contributed by atoms with E-state index in [0.29, 0.717) is 17.7 Å². The number of thioether (sulfide) groups is 1. The maximum Gasteiger partial charge on any atom is 0.338 e. The monoisotopic (exact) mass is 506 g/mol. The number of ether oxygens (including phenoxy) is 4. The Labute approximate surface area is 215 Å². The Hall–Kier alpha value is -3.13. The molecule has 7 heteroatoms. The van der Waals surface area contributed by atoms with Gasteiger partial charge >= 0.3 is 11.9 Å². The summed E-state index contributed by atoms with van der Waals surface area (Å²) in [5.74, 6) is -0.250. The highest BCUT2D eigenvalue weighted by Crippen LogP contribution is 2.35. The normalized spacial score (nSPS) is 23.6. The van der Waals surface area contributed by atoms with Crippen molar-refractivity contribution < 1.29 is 28.5 Å². The molecule has 0 N–H and O–H groups in total. The van der Waals surface area contributed by atoms with Crippen LogP contribution in [0.1, 0.15) is 40.1 Å². The fourth-order valence-electron chi connectivity index (χ4n) is 4.04. The van der Waals surface area contributed by atoms with Crippen LogP contribution in [-0.4, -0.2) is 47.5 Å². The number of carbonyl (C=O) groups is 2. The van der Waals surface area contributed by atoms with Crippen LogP contribution in [0, 0.1) is 0 Å². The predicted octanol–water partition coefficient (Wildman–Crippen LogP) is 5.52. The molecule has 0 bridgehead atoms. The number of rotatable bonds is 9. The highest BCUT2D eigenvalue weighted by atomic mass is 32.2. The molecule has 3 aromatic rings. The van der Waals surface area contributed by atoms with Crippen LogP contribution in [0.5, 0.6) is 0 Å². The van der Waals surface area contributed by atoms with E-state index in [1.54, 1.807) is 60.3 Å². The first-order valence-corrected chi connectivity index (χ1v) is 13.1. The van der Waals surface area contributed by atoms with Crippen molar-refractivity contribution in [2.45, 2.75) is 50.3 Å². The van der Waals surface area contributed by atoms with Crippen molar-refractivity contribution in [1.82, 2.24) is 0 Å². The van der Waals surface area contributed by atoms with E-state index < -0.39 is 41.8 Å². The summed E-state index contributed by atoms with van der Waals surface area (Å²) in [7, 11) is 0. The van der Waals surface area contributed by atoms with Crippen LogP contribution in [0.3, 0.4) is 0 Å². The summed E-state index contributed by atoms with van der Waals surface area (Å²) < 4.78 is 24.6. The van der Waals surface area contributed by atoms with Crippen molar-refractivity contribution in [2.75, 3.05) is 5.75 Å². The average Bonchev–Trinajstić information content (AvgIpc) is 2.92. The van der Waals surface area contributed by atoms with E-state index in [1.165, 1.54) is 0 Å². The first-order chi connectivity index (χ1) is 17.6. The van der Waals surface area contributed by atoms with Gasteiger partial charge < -0.3 is 18.9 Å². The number of esters is 2. The van der Waals surface area contributed by atoms with E-state index in [-0.39, 0.29) is 0 Å². The summed E-state index contributed by atoms with van der Waals surface area (Å²) >= 11 is 1.56. The Balaban J connectivity index is 1.63. The Morgan fingerprint density at radius 2 is 1.25 bits per heavy atom. The van der Waals surface area contributed by atoms with Crippen molar-refractivity contribution in [3.63, 3.8) is 0 Å². The lowest BCUT2D eigenvalue weighted by atomic mass is 9.99. The number of benzene rings is 3. The minimum atomic E-state index is -0.873. The van der Waals surface area contributed by atoms with Crippen molar-refractivity contribution in [1.29, 1.82) is 0 Å². The van der Waals surface area contributed by atoms with Crippen molar-refractivity contribution in [3.8, 4) is 0 Å². The molecule has 0 spiro atoms. The van der Waals surface area contributed by atoms with Crippen LogP contribution in [0.4, 0.5) is 0 Å². The van der Waals surface area contributed by atoms with E-state index in [0.717, 1.165) is 11.3 Å². The van der Waals surface area contributed by atoms with Crippen LogP contribution in [0.15, 0.2) is 91.0 Å². The van der Waals surface area contributed by atoms with E-state index in [2.05, 4.69) is 0 Å². The molecule has 0 aromatic heterocycles. The Bertz CT molecular complexity index is 1110. The summed E-state index contributed by atoms with van der Waals surface area (Å²) in [4.78, 5) is 26.1. The van der Waals surface area contributed by atoms with E-state index in [1.807, 2.05) is 56.3 Å². The van der Waals surface area contributed by atoms with E-state index in [9.17, 15) is 9.59 Å². The molecule has 188 valence electrons. The van der Waals surface area contributed by atoms with Crippen LogP contribution in [0.2, 0.25) is 0 Å². The van der Waals surface area contributed by atoms with E-state index in [4.69, 9.17) is 18.9 Å².